The van der Waals surface area contributed by atoms with Gasteiger partial charge in [-0.25, -0.2) is 0 Å². The summed E-state index contributed by atoms with van der Waals surface area (Å²) in [5.74, 6) is -0.112. The van der Waals surface area contributed by atoms with Crippen molar-refractivity contribution >= 4 is 45.7 Å². The summed E-state index contributed by atoms with van der Waals surface area (Å²) in [6.07, 6.45) is 0.875. The molecular formula is C22H21Cl2N3O2. The maximum absolute atomic E-state index is 13.3. The molecule has 150 valence electrons. The van der Waals surface area contributed by atoms with Gasteiger partial charge in [-0.2, -0.15) is 0 Å². The Kier molecular flexibility index (Phi) is 5.52. The summed E-state index contributed by atoms with van der Waals surface area (Å²) >= 11 is 12.2. The number of hydrogen-bond acceptors (Lipinski definition) is 3. The van der Waals surface area contributed by atoms with Gasteiger partial charge in [0.15, 0.2) is 0 Å². The lowest BCUT2D eigenvalue weighted by atomic mass is 10.0. The number of halogens is 2. The van der Waals surface area contributed by atoms with Crippen LogP contribution in [0.5, 0.6) is 0 Å². The van der Waals surface area contributed by atoms with Crippen LogP contribution < -0.4 is 10.5 Å². The summed E-state index contributed by atoms with van der Waals surface area (Å²) in [6.45, 7) is 3.93. The predicted octanol–water partition coefficient (Wildman–Crippen LogP) is 4.58. The maximum Gasteiger partial charge on any atom is 0.254 e. The number of H-pyrrole nitrogens is 1. The van der Waals surface area contributed by atoms with Crippen molar-refractivity contribution in [2.45, 2.75) is 19.4 Å². The van der Waals surface area contributed by atoms with Gasteiger partial charge in [0.1, 0.15) is 0 Å². The molecule has 4 rings (SSSR count). The lowest BCUT2D eigenvalue weighted by Crippen LogP contribution is -2.54. The normalized spacial score (nSPS) is 17.0. The predicted molar refractivity (Wildman–Crippen MR) is 118 cm³/mol. The fraction of sp³-hybridized carbons (Fsp3) is 0.273. The molecule has 2 heterocycles. The van der Waals surface area contributed by atoms with Crippen LogP contribution in [-0.4, -0.2) is 41.5 Å². The SMILES string of the molecule is CCC1CN(C(=O)c2cc(=O)[nH]c3ccccc23)CCN1c1ccc(Cl)c(Cl)c1. The molecule has 1 atom stereocenters. The first-order chi connectivity index (χ1) is 14.0. The summed E-state index contributed by atoms with van der Waals surface area (Å²) < 4.78 is 0. The molecule has 1 saturated heterocycles. The average Bonchev–Trinajstić information content (AvgIpc) is 2.74. The van der Waals surface area contributed by atoms with Crippen molar-refractivity contribution in [1.29, 1.82) is 0 Å². The molecule has 2 aromatic carbocycles. The van der Waals surface area contributed by atoms with Gasteiger partial charge in [0.2, 0.25) is 5.56 Å². The average molecular weight is 430 g/mol. The quantitative estimate of drug-likeness (QED) is 0.662. The number of nitrogens with zero attached hydrogens (tertiary/aromatic N) is 2. The molecular weight excluding hydrogens is 409 g/mol. The first kappa shape index (κ1) is 19.8. The van der Waals surface area contributed by atoms with Gasteiger partial charge < -0.3 is 14.8 Å². The molecule has 1 unspecified atom stereocenters. The molecule has 0 spiro atoms. The summed E-state index contributed by atoms with van der Waals surface area (Å²) in [5.41, 5.74) is 1.85. The van der Waals surface area contributed by atoms with E-state index in [-0.39, 0.29) is 17.5 Å². The third-order valence-electron chi connectivity index (χ3n) is 5.46. The molecule has 1 N–H and O–H groups in total. The van der Waals surface area contributed by atoms with Gasteiger partial charge >= 0.3 is 0 Å². The van der Waals surface area contributed by atoms with Gasteiger partial charge in [0, 0.05) is 48.3 Å². The highest BCUT2D eigenvalue weighted by Gasteiger charge is 2.30. The Morgan fingerprint density at radius 2 is 1.90 bits per heavy atom. The Balaban J connectivity index is 1.61. The van der Waals surface area contributed by atoms with Crippen LogP contribution in [0.4, 0.5) is 5.69 Å². The molecule has 29 heavy (non-hydrogen) atoms. The molecule has 7 heteroatoms. The number of carbonyl (C=O) groups excluding carboxylic acids is 1. The number of benzene rings is 2. The molecule has 0 aliphatic carbocycles. The Morgan fingerprint density at radius 3 is 2.66 bits per heavy atom. The third kappa shape index (κ3) is 3.85. The van der Waals surface area contributed by atoms with Gasteiger partial charge in [-0.05, 0) is 30.7 Å². The number of aromatic amines is 1. The van der Waals surface area contributed by atoms with Crippen LogP contribution in [-0.2, 0) is 0 Å². The van der Waals surface area contributed by atoms with Crippen molar-refractivity contribution in [3.05, 3.63) is 74.5 Å². The number of anilines is 1. The van der Waals surface area contributed by atoms with E-state index < -0.39 is 0 Å². The highest BCUT2D eigenvalue weighted by atomic mass is 35.5. The van der Waals surface area contributed by atoms with Crippen LogP contribution in [0.2, 0.25) is 10.0 Å². The fourth-order valence-electron chi connectivity index (χ4n) is 3.94. The number of fused-ring (bicyclic) bond motifs is 1. The van der Waals surface area contributed by atoms with E-state index in [4.69, 9.17) is 23.2 Å². The van der Waals surface area contributed by atoms with Gasteiger partial charge in [0.05, 0.1) is 15.6 Å². The van der Waals surface area contributed by atoms with Crippen molar-refractivity contribution in [2.75, 3.05) is 24.5 Å². The third-order valence-corrected chi connectivity index (χ3v) is 6.20. The molecule has 5 nitrogen and oxygen atoms in total. The summed E-state index contributed by atoms with van der Waals surface area (Å²) in [4.78, 5) is 32.2. The van der Waals surface area contributed by atoms with Crippen molar-refractivity contribution in [3.63, 3.8) is 0 Å². The molecule has 0 bridgehead atoms. The molecule has 0 saturated carbocycles. The number of pyridine rings is 1. The van der Waals surface area contributed by atoms with E-state index in [2.05, 4.69) is 16.8 Å². The number of rotatable bonds is 3. The molecule has 1 aliphatic rings. The fourth-order valence-corrected chi connectivity index (χ4v) is 4.24. The van der Waals surface area contributed by atoms with Gasteiger partial charge in [-0.15, -0.1) is 0 Å². The van der Waals surface area contributed by atoms with E-state index in [1.165, 1.54) is 6.07 Å². The second-order valence-corrected chi connectivity index (χ2v) is 8.01. The van der Waals surface area contributed by atoms with Gasteiger partial charge in [0.25, 0.3) is 5.91 Å². The second kappa shape index (κ2) is 8.09. The molecule has 1 fully saturated rings. The monoisotopic (exact) mass is 429 g/mol. The number of aromatic nitrogens is 1. The Bertz CT molecular complexity index is 1130. The number of para-hydroxylation sites is 1. The Labute approximate surface area is 178 Å². The standard InChI is InChI=1S/C22H21Cl2N3O2/c1-2-14-13-26(9-10-27(14)15-7-8-18(23)19(24)11-15)22(29)17-12-21(28)25-20-6-4-3-5-16(17)20/h3-8,11-12,14H,2,9-10,13H2,1H3,(H,25,28). The van der Waals surface area contributed by atoms with E-state index in [0.717, 1.165) is 17.5 Å². The minimum Gasteiger partial charge on any atom is -0.365 e. The smallest absolute Gasteiger partial charge is 0.254 e. The number of amides is 1. The number of piperazine rings is 1. The highest BCUT2D eigenvalue weighted by Crippen LogP contribution is 2.30. The highest BCUT2D eigenvalue weighted by molar-refractivity contribution is 6.42. The molecule has 0 radical (unpaired) electrons. The van der Waals surface area contributed by atoms with Crippen LogP contribution in [0, 0.1) is 0 Å². The minimum atomic E-state index is -0.270. The van der Waals surface area contributed by atoms with Crippen molar-refractivity contribution in [3.8, 4) is 0 Å². The zero-order valence-electron chi connectivity index (χ0n) is 16.0. The number of carbonyl (C=O) groups is 1. The second-order valence-electron chi connectivity index (χ2n) is 7.20. The Hall–Kier alpha value is -2.50. The van der Waals surface area contributed by atoms with E-state index in [0.29, 0.717) is 40.8 Å². The first-order valence-corrected chi connectivity index (χ1v) is 10.4. The maximum atomic E-state index is 13.3. The van der Waals surface area contributed by atoms with Gasteiger partial charge in [-0.1, -0.05) is 48.3 Å². The van der Waals surface area contributed by atoms with Crippen molar-refractivity contribution in [2.24, 2.45) is 0 Å². The zero-order valence-corrected chi connectivity index (χ0v) is 17.5. The first-order valence-electron chi connectivity index (χ1n) is 9.61. The number of nitrogens with one attached hydrogen (secondary N) is 1. The molecule has 1 amide bonds. The zero-order chi connectivity index (χ0) is 20.5. The largest absolute Gasteiger partial charge is 0.365 e. The van der Waals surface area contributed by atoms with Crippen LogP contribution in [0.15, 0.2) is 53.3 Å². The van der Waals surface area contributed by atoms with E-state index in [9.17, 15) is 9.59 Å². The summed E-state index contributed by atoms with van der Waals surface area (Å²) in [6, 6.07) is 14.6. The lowest BCUT2D eigenvalue weighted by Gasteiger charge is -2.42. The topological polar surface area (TPSA) is 56.4 Å². The van der Waals surface area contributed by atoms with Crippen molar-refractivity contribution in [1.82, 2.24) is 9.88 Å². The van der Waals surface area contributed by atoms with Crippen LogP contribution >= 0.6 is 23.2 Å². The number of hydrogen-bond donors (Lipinski definition) is 1. The summed E-state index contributed by atoms with van der Waals surface area (Å²) in [7, 11) is 0. The lowest BCUT2D eigenvalue weighted by molar-refractivity contribution is 0.0722. The van der Waals surface area contributed by atoms with E-state index in [1.807, 2.05) is 41.3 Å². The van der Waals surface area contributed by atoms with Gasteiger partial charge in [-0.3, -0.25) is 9.59 Å². The Morgan fingerprint density at radius 1 is 1.10 bits per heavy atom. The molecule has 1 aliphatic heterocycles. The van der Waals surface area contributed by atoms with E-state index in [1.54, 1.807) is 6.07 Å². The summed E-state index contributed by atoms with van der Waals surface area (Å²) in [5, 5.41) is 1.81. The van der Waals surface area contributed by atoms with E-state index >= 15 is 0 Å². The van der Waals surface area contributed by atoms with Crippen LogP contribution in [0.3, 0.4) is 0 Å². The molecule has 1 aromatic heterocycles. The van der Waals surface area contributed by atoms with Crippen LogP contribution in [0.25, 0.3) is 10.9 Å². The van der Waals surface area contributed by atoms with Crippen molar-refractivity contribution < 1.29 is 4.79 Å². The van der Waals surface area contributed by atoms with Crippen LogP contribution in [0.1, 0.15) is 23.7 Å². The molecule has 3 aromatic rings. The minimum absolute atomic E-state index is 0.112.